The zero-order valence-electron chi connectivity index (χ0n) is 30.0. The van der Waals surface area contributed by atoms with Crippen molar-refractivity contribution in [2.45, 2.75) is 0 Å². The zero-order chi connectivity index (χ0) is 36.3. The predicted molar refractivity (Wildman–Crippen MR) is 232 cm³/mol. The first kappa shape index (κ1) is 31.3. The van der Waals surface area contributed by atoms with Crippen LogP contribution in [0.15, 0.2) is 207 Å². The van der Waals surface area contributed by atoms with Gasteiger partial charge in [-0.2, -0.15) is 0 Å². The maximum absolute atomic E-state index is 4.34. The number of hydrogen-bond donors (Lipinski definition) is 0. The van der Waals surface area contributed by atoms with Gasteiger partial charge in [0.05, 0.1) is 0 Å². The van der Waals surface area contributed by atoms with Gasteiger partial charge in [-0.1, -0.05) is 152 Å². The third kappa shape index (κ3) is 5.00. The zero-order valence-corrected chi connectivity index (χ0v) is 30.0. The number of pyridine rings is 1. The summed E-state index contributed by atoms with van der Waals surface area (Å²) in [5, 5.41) is 7.41. The first-order valence-corrected chi connectivity index (χ1v) is 18.9. The van der Waals surface area contributed by atoms with E-state index in [0.29, 0.717) is 0 Å². The highest BCUT2D eigenvalue weighted by Gasteiger charge is 2.31. The Morgan fingerprint density at radius 1 is 0.327 bits per heavy atom. The number of aromatic nitrogens is 1. The van der Waals surface area contributed by atoms with Crippen LogP contribution in [-0.4, -0.2) is 4.98 Å². The standard InChI is InChI=1S/C53H34N2/c1-4-14-35(15-5-1)49-45-22-10-11-23-46(45)50(36-16-6-2-7-17-36)53-48-29-28-43(44-24-13-25-47(51(44)48)52(49)53)38-18-12-21-41(33-38)55(40-19-8-3-9-20-40)42-27-26-39-34-54-31-30-37(39)32-42/h1-34H. The van der Waals surface area contributed by atoms with Crippen molar-refractivity contribution in [2.24, 2.45) is 0 Å². The molecule has 0 unspecified atom stereocenters. The van der Waals surface area contributed by atoms with Gasteiger partial charge >= 0.3 is 0 Å². The number of para-hydroxylation sites is 1. The molecule has 0 fully saturated rings. The molecule has 0 spiro atoms. The van der Waals surface area contributed by atoms with Crippen molar-refractivity contribution in [2.75, 3.05) is 4.90 Å². The van der Waals surface area contributed by atoms with Crippen LogP contribution in [0.5, 0.6) is 0 Å². The van der Waals surface area contributed by atoms with Crippen LogP contribution in [-0.2, 0) is 0 Å². The molecule has 0 aliphatic heterocycles. The Hall–Kier alpha value is -7.29. The number of benzene rings is 9. The Kier molecular flexibility index (Phi) is 7.21. The van der Waals surface area contributed by atoms with E-state index in [9.17, 15) is 0 Å². The van der Waals surface area contributed by atoms with E-state index in [1.54, 1.807) is 0 Å². The molecule has 1 heterocycles. The summed E-state index contributed by atoms with van der Waals surface area (Å²) >= 11 is 0. The van der Waals surface area contributed by atoms with E-state index in [1.165, 1.54) is 77.2 Å². The molecule has 0 amide bonds. The second-order valence-corrected chi connectivity index (χ2v) is 14.3. The summed E-state index contributed by atoms with van der Waals surface area (Å²) in [4.78, 5) is 6.69. The van der Waals surface area contributed by atoms with Crippen LogP contribution in [0.1, 0.15) is 0 Å². The average molecular weight is 699 g/mol. The minimum absolute atomic E-state index is 1.10. The van der Waals surface area contributed by atoms with Gasteiger partial charge in [-0.3, -0.25) is 4.98 Å². The average Bonchev–Trinajstić information content (AvgIpc) is 3.58. The molecule has 1 aromatic heterocycles. The molecule has 0 bridgehead atoms. The Morgan fingerprint density at radius 2 is 0.873 bits per heavy atom. The molecule has 0 saturated carbocycles. The third-order valence-electron chi connectivity index (χ3n) is 11.2. The quantitative estimate of drug-likeness (QED) is 0.172. The van der Waals surface area contributed by atoms with Crippen LogP contribution in [0.25, 0.3) is 88.0 Å². The van der Waals surface area contributed by atoms with E-state index >= 15 is 0 Å². The SMILES string of the molecule is c1ccc(-c2c3c(c(-c4ccccc4)c4ccccc24)-c2ccc(-c4cccc(N(c5ccccc5)c5ccc6cnccc6c5)c4)c4cccc-3c24)cc1. The topological polar surface area (TPSA) is 16.1 Å². The van der Waals surface area contributed by atoms with Gasteiger partial charge in [0.15, 0.2) is 0 Å². The van der Waals surface area contributed by atoms with Gasteiger partial charge in [0.2, 0.25) is 0 Å². The van der Waals surface area contributed by atoms with Crippen LogP contribution >= 0.6 is 0 Å². The lowest BCUT2D eigenvalue weighted by atomic mass is 9.82. The maximum Gasteiger partial charge on any atom is 0.0468 e. The lowest BCUT2D eigenvalue weighted by Gasteiger charge is -2.26. The molecule has 10 aromatic rings. The van der Waals surface area contributed by atoms with E-state index < -0.39 is 0 Å². The largest absolute Gasteiger partial charge is 0.310 e. The van der Waals surface area contributed by atoms with Crippen LogP contribution in [0, 0.1) is 0 Å². The van der Waals surface area contributed by atoms with Gasteiger partial charge in [0.1, 0.15) is 0 Å². The van der Waals surface area contributed by atoms with Gasteiger partial charge in [0, 0.05) is 34.8 Å². The van der Waals surface area contributed by atoms with Crippen molar-refractivity contribution in [1.29, 1.82) is 0 Å². The van der Waals surface area contributed by atoms with Crippen molar-refractivity contribution < 1.29 is 0 Å². The van der Waals surface area contributed by atoms with E-state index in [1.807, 2.05) is 12.4 Å². The van der Waals surface area contributed by atoms with E-state index in [2.05, 4.69) is 204 Å². The Labute approximate surface area is 320 Å². The summed E-state index contributed by atoms with van der Waals surface area (Å²) in [6.45, 7) is 0. The first-order valence-electron chi connectivity index (χ1n) is 18.9. The second-order valence-electron chi connectivity index (χ2n) is 14.3. The lowest BCUT2D eigenvalue weighted by Crippen LogP contribution is -2.09. The molecular weight excluding hydrogens is 665 g/mol. The Bertz CT molecular complexity index is 2990. The normalized spacial score (nSPS) is 11.6. The summed E-state index contributed by atoms with van der Waals surface area (Å²) in [7, 11) is 0. The highest BCUT2D eigenvalue weighted by molar-refractivity contribution is 6.28. The van der Waals surface area contributed by atoms with Gasteiger partial charge in [-0.25, -0.2) is 0 Å². The summed E-state index contributed by atoms with van der Waals surface area (Å²) in [6.07, 6.45) is 3.79. The van der Waals surface area contributed by atoms with Crippen molar-refractivity contribution >= 4 is 49.4 Å². The summed E-state index contributed by atoms with van der Waals surface area (Å²) in [5.74, 6) is 0. The second kappa shape index (κ2) is 12.7. The first-order chi connectivity index (χ1) is 27.3. The molecule has 2 heteroatoms. The minimum Gasteiger partial charge on any atom is -0.310 e. The number of nitrogens with zero attached hydrogens (tertiary/aromatic N) is 2. The van der Waals surface area contributed by atoms with Crippen LogP contribution in [0.3, 0.4) is 0 Å². The van der Waals surface area contributed by atoms with Gasteiger partial charge in [-0.15, -0.1) is 0 Å². The van der Waals surface area contributed by atoms with Crippen molar-refractivity contribution in [3.05, 3.63) is 207 Å². The third-order valence-corrected chi connectivity index (χ3v) is 11.2. The molecule has 2 nitrogen and oxygen atoms in total. The van der Waals surface area contributed by atoms with E-state index in [-0.39, 0.29) is 0 Å². The molecule has 0 atom stereocenters. The smallest absolute Gasteiger partial charge is 0.0468 e. The summed E-state index contributed by atoms with van der Waals surface area (Å²) in [6, 6.07) is 70.8. The molecule has 0 saturated heterocycles. The molecule has 0 N–H and O–H groups in total. The van der Waals surface area contributed by atoms with Crippen LogP contribution in [0.2, 0.25) is 0 Å². The number of hydrogen-bond acceptors (Lipinski definition) is 2. The highest BCUT2D eigenvalue weighted by Crippen LogP contribution is 2.58. The van der Waals surface area contributed by atoms with Gasteiger partial charge in [-0.05, 0) is 125 Å². The number of fused-ring (bicyclic) bond motifs is 5. The van der Waals surface area contributed by atoms with Crippen molar-refractivity contribution in [3.8, 4) is 55.6 Å². The van der Waals surface area contributed by atoms with Gasteiger partial charge < -0.3 is 4.90 Å². The van der Waals surface area contributed by atoms with Crippen molar-refractivity contribution in [3.63, 3.8) is 0 Å². The Morgan fingerprint density at radius 3 is 1.58 bits per heavy atom. The molecule has 1 aliphatic carbocycles. The minimum atomic E-state index is 1.10. The van der Waals surface area contributed by atoms with E-state index in [4.69, 9.17) is 0 Å². The van der Waals surface area contributed by atoms with Crippen molar-refractivity contribution in [1.82, 2.24) is 4.98 Å². The molecule has 256 valence electrons. The monoisotopic (exact) mass is 698 g/mol. The number of rotatable bonds is 6. The van der Waals surface area contributed by atoms with Crippen LogP contribution < -0.4 is 4.90 Å². The fraction of sp³-hybridized carbons (Fsp3) is 0. The Balaban J connectivity index is 1.15. The highest BCUT2D eigenvalue weighted by atomic mass is 15.1. The fourth-order valence-electron chi connectivity index (χ4n) is 8.91. The fourth-order valence-corrected chi connectivity index (χ4v) is 8.91. The summed E-state index contributed by atoms with van der Waals surface area (Å²) in [5.41, 5.74) is 16.0. The molecule has 55 heavy (non-hydrogen) atoms. The number of anilines is 3. The molecule has 0 radical (unpaired) electrons. The lowest BCUT2D eigenvalue weighted by molar-refractivity contribution is 1.29. The molecular formula is C53H34N2. The molecule has 11 rings (SSSR count). The van der Waals surface area contributed by atoms with E-state index in [0.717, 1.165) is 27.8 Å². The summed E-state index contributed by atoms with van der Waals surface area (Å²) < 4.78 is 0. The molecule has 9 aromatic carbocycles. The van der Waals surface area contributed by atoms with Crippen LogP contribution in [0.4, 0.5) is 17.1 Å². The van der Waals surface area contributed by atoms with Gasteiger partial charge in [0.25, 0.3) is 0 Å². The predicted octanol–water partition coefficient (Wildman–Crippen LogP) is 14.7. The maximum atomic E-state index is 4.34. The molecule has 1 aliphatic rings.